The molecule has 0 spiro atoms. The van der Waals surface area contributed by atoms with Crippen molar-refractivity contribution in [3.8, 4) is 5.75 Å². The van der Waals surface area contributed by atoms with Crippen molar-refractivity contribution in [3.63, 3.8) is 0 Å². The first-order chi connectivity index (χ1) is 6.15. The molecule has 0 aliphatic rings. The number of carbonyl (C=O) groups is 1. The van der Waals surface area contributed by atoms with E-state index in [4.69, 9.17) is 14.9 Å². The molecule has 0 aromatic carbocycles. The maximum atomic E-state index is 10.3. The van der Waals surface area contributed by atoms with E-state index < -0.39 is 12.1 Å². The maximum Gasteiger partial charge on any atom is 0.338 e. The molecule has 0 aliphatic heterocycles. The summed E-state index contributed by atoms with van der Waals surface area (Å²) in [6, 6.07) is 2.94. The molecule has 1 heterocycles. The number of pyridine rings is 1. The molecular formula is C8H9NO4. The summed E-state index contributed by atoms with van der Waals surface area (Å²) >= 11 is 0. The molecule has 0 fully saturated rings. The van der Waals surface area contributed by atoms with Gasteiger partial charge in [-0.1, -0.05) is 0 Å². The molecule has 1 rings (SSSR count). The number of nitrogens with zero attached hydrogens (tertiary/aromatic N) is 1. The van der Waals surface area contributed by atoms with Crippen molar-refractivity contribution < 1.29 is 19.7 Å². The second-order valence-corrected chi connectivity index (χ2v) is 2.36. The van der Waals surface area contributed by atoms with Crippen molar-refractivity contribution in [3.05, 3.63) is 24.0 Å². The van der Waals surface area contributed by atoms with E-state index in [0.717, 1.165) is 0 Å². The molecule has 5 heteroatoms. The van der Waals surface area contributed by atoms with Crippen LogP contribution in [-0.4, -0.2) is 28.3 Å². The van der Waals surface area contributed by atoms with Crippen LogP contribution in [0.4, 0.5) is 0 Å². The zero-order valence-corrected chi connectivity index (χ0v) is 6.97. The Hall–Kier alpha value is -1.62. The Morgan fingerprint density at radius 2 is 2.31 bits per heavy atom. The Morgan fingerprint density at radius 1 is 1.62 bits per heavy atom. The molecule has 1 aromatic heterocycles. The molecule has 0 bridgehead atoms. The van der Waals surface area contributed by atoms with E-state index in [1.165, 1.54) is 25.4 Å². The quantitative estimate of drug-likeness (QED) is 0.700. The zero-order valence-electron chi connectivity index (χ0n) is 6.97. The maximum absolute atomic E-state index is 10.3. The Kier molecular flexibility index (Phi) is 2.81. The number of methoxy groups -OCH3 is 1. The van der Waals surface area contributed by atoms with E-state index in [1.807, 2.05) is 0 Å². The highest BCUT2D eigenvalue weighted by Crippen LogP contribution is 2.13. The highest BCUT2D eigenvalue weighted by atomic mass is 16.5. The highest BCUT2D eigenvalue weighted by molar-refractivity contribution is 5.73. The minimum atomic E-state index is -1.58. The molecular weight excluding hydrogens is 174 g/mol. The van der Waals surface area contributed by atoms with Crippen LogP contribution in [0.5, 0.6) is 5.75 Å². The van der Waals surface area contributed by atoms with Crippen LogP contribution in [0.15, 0.2) is 18.3 Å². The fraction of sp³-hybridized carbons (Fsp3) is 0.250. The lowest BCUT2D eigenvalue weighted by Gasteiger charge is -2.04. The van der Waals surface area contributed by atoms with Crippen LogP contribution in [0.1, 0.15) is 11.8 Å². The normalized spacial score (nSPS) is 12.2. The monoisotopic (exact) mass is 183 g/mol. The van der Waals surface area contributed by atoms with Gasteiger partial charge < -0.3 is 14.9 Å². The van der Waals surface area contributed by atoms with Crippen LogP contribution in [0.2, 0.25) is 0 Å². The third kappa shape index (κ3) is 2.16. The fourth-order valence-corrected chi connectivity index (χ4v) is 0.801. The Balaban J connectivity index is 2.85. The number of hydrogen-bond acceptors (Lipinski definition) is 4. The van der Waals surface area contributed by atoms with Gasteiger partial charge in [0.15, 0.2) is 6.10 Å². The number of aromatic nitrogens is 1. The summed E-state index contributed by atoms with van der Waals surface area (Å²) in [5.41, 5.74) is 0.0910. The number of hydrogen-bond donors (Lipinski definition) is 2. The van der Waals surface area contributed by atoms with Gasteiger partial charge in [-0.15, -0.1) is 0 Å². The van der Waals surface area contributed by atoms with Crippen molar-refractivity contribution in [1.82, 2.24) is 4.98 Å². The Morgan fingerprint density at radius 3 is 2.69 bits per heavy atom. The average molecular weight is 183 g/mol. The molecule has 0 saturated heterocycles. The number of aliphatic hydroxyl groups excluding tert-OH is 1. The van der Waals surface area contributed by atoms with Crippen LogP contribution in [0.3, 0.4) is 0 Å². The highest BCUT2D eigenvalue weighted by Gasteiger charge is 2.16. The molecule has 1 unspecified atom stereocenters. The van der Waals surface area contributed by atoms with Crippen molar-refractivity contribution in [2.45, 2.75) is 6.10 Å². The van der Waals surface area contributed by atoms with Crippen molar-refractivity contribution in [1.29, 1.82) is 0 Å². The molecule has 0 saturated carbocycles. The predicted molar refractivity (Wildman–Crippen MR) is 43.4 cm³/mol. The van der Waals surface area contributed by atoms with Gasteiger partial charge in [0.25, 0.3) is 0 Å². The SMILES string of the molecule is COc1ccc(C(O)C(=O)O)nc1. The lowest BCUT2D eigenvalue weighted by Crippen LogP contribution is -2.11. The van der Waals surface area contributed by atoms with E-state index in [9.17, 15) is 4.79 Å². The topological polar surface area (TPSA) is 79.7 Å². The van der Waals surface area contributed by atoms with Crippen LogP contribution in [-0.2, 0) is 4.79 Å². The largest absolute Gasteiger partial charge is 0.495 e. The van der Waals surface area contributed by atoms with Crippen molar-refractivity contribution >= 4 is 5.97 Å². The number of carboxylic acids is 1. The lowest BCUT2D eigenvalue weighted by atomic mass is 10.2. The molecule has 0 aliphatic carbocycles. The molecule has 2 N–H and O–H groups in total. The molecule has 13 heavy (non-hydrogen) atoms. The smallest absolute Gasteiger partial charge is 0.338 e. The van der Waals surface area contributed by atoms with Crippen LogP contribution in [0, 0.1) is 0 Å². The van der Waals surface area contributed by atoms with Crippen LogP contribution < -0.4 is 4.74 Å². The van der Waals surface area contributed by atoms with Crippen molar-refractivity contribution in [2.75, 3.05) is 7.11 Å². The molecule has 1 atom stereocenters. The van der Waals surface area contributed by atoms with Gasteiger partial charge in [0.2, 0.25) is 0 Å². The third-order valence-electron chi connectivity index (χ3n) is 1.51. The second-order valence-electron chi connectivity index (χ2n) is 2.36. The van der Waals surface area contributed by atoms with E-state index in [-0.39, 0.29) is 5.69 Å². The molecule has 0 amide bonds. The second kappa shape index (κ2) is 3.86. The first-order valence-corrected chi connectivity index (χ1v) is 3.56. The number of carboxylic acid groups (broad SMARTS) is 1. The summed E-state index contributed by atoms with van der Waals surface area (Å²) in [4.78, 5) is 14.0. The number of ether oxygens (including phenoxy) is 1. The molecule has 5 nitrogen and oxygen atoms in total. The number of rotatable bonds is 3. The van der Waals surface area contributed by atoms with Gasteiger partial charge in [0, 0.05) is 0 Å². The Labute approximate surface area is 74.6 Å². The van der Waals surface area contributed by atoms with Gasteiger partial charge in [-0.25, -0.2) is 4.79 Å². The number of aliphatic carboxylic acids is 1. The first kappa shape index (κ1) is 9.47. The van der Waals surface area contributed by atoms with E-state index in [0.29, 0.717) is 5.75 Å². The summed E-state index contributed by atoms with van der Waals surface area (Å²) in [5, 5.41) is 17.5. The molecule has 1 aromatic rings. The van der Waals surface area contributed by atoms with Gasteiger partial charge in [-0.2, -0.15) is 0 Å². The fourth-order valence-electron chi connectivity index (χ4n) is 0.801. The average Bonchev–Trinajstić information content (AvgIpc) is 2.17. The van der Waals surface area contributed by atoms with E-state index in [2.05, 4.69) is 4.98 Å². The summed E-state index contributed by atoms with van der Waals surface area (Å²) < 4.78 is 4.82. The lowest BCUT2D eigenvalue weighted by molar-refractivity contribution is -0.147. The standard InChI is InChI=1S/C8H9NO4/c1-13-5-2-3-6(9-4-5)7(10)8(11)12/h2-4,7,10H,1H3,(H,11,12). The molecule has 70 valence electrons. The van der Waals surface area contributed by atoms with Gasteiger partial charge in [0.05, 0.1) is 19.0 Å². The minimum Gasteiger partial charge on any atom is -0.495 e. The zero-order chi connectivity index (χ0) is 9.84. The van der Waals surface area contributed by atoms with Crippen LogP contribution >= 0.6 is 0 Å². The summed E-state index contributed by atoms with van der Waals surface area (Å²) in [7, 11) is 1.48. The van der Waals surface area contributed by atoms with Gasteiger partial charge >= 0.3 is 5.97 Å². The van der Waals surface area contributed by atoms with Gasteiger partial charge in [0.1, 0.15) is 5.75 Å². The molecule has 0 radical (unpaired) electrons. The van der Waals surface area contributed by atoms with Gasteiger partial charge in [-0.3, -0.25) is 4.98 Å². The summed E-state index contributed by atoms with van der Waals surface area (Å²) in [6.07, 6.45) is -0.229. The van der Waals surface area contributed by atoms with E-state index in [1.54, 1.807) is 0 Å². The van der Waals surface area contributed by atoms with Crippen molar-refractivity contribution in [2.24, 2.45) is 0 Å². The third-order valence-corrected chi connectivity index (χ3v) is 1.51. The Bertz CT molecular complexity index is 296. The summed E-state index contributed by atoms with van der Waals surface area (Å²) in [5.74, 6) is -0.806. The summed E-state index contributed by atoms with van der Waals surface area (Å²) in [6.45, 7) is 0. The number of aliphatic hydroxyl groups is 1. The van der Waals surface area contributed by atoms with E-state index >= 15 is 0 Å². The van der Waals surface area contributed by atoms with Gasteiger partial charge in [-0.05, 0) is 12.1 Å². The predicted octanol–water partition coefficient (Wildman–Crippen LogP) is 0.208. The minimum absolute atomic E-state index is 0.0910. The van der Waals surface area contributed by atoms with Crippen LogP contribution in [0.25, 0.3) is 0 Å². The first-order valence-electron chi connectivity index (χ1n) is 3.56.